The zero-order chi connectivity index (χ0) is 30.2. The van der Waals surface area contributed by atoms with E-state index in [1.807, 2.05) is 64.1 Å². The van der Waals surface area contributed by atoms with E-state index in [4.69, 9.17) is 10.5 Å². The lowest BCUT2D eigenvalue weighted by Gasteiger charge is -2.15. The van der Waals surface area contributed by atoms with Crippen LogP contribution in [0.15, 0.2) is 84.0 Å². The molecule has 0 unspecified atom stereocenters. The van der Waals surface area contributed by atoms with Gasteiger partial charge in [-0.25, -0.2) is 24.3 Å². The number of pyridine rings is 2. The molecule has 0 aliphatic carbocycles. The predicted octanol–water partition coefficient (Wildman–Crippen LogP) is 6.10. The third-order valence-electron chi connectivity index (χ3n) is 6.27. The number of nitrogen functional groups attached to an aromatic ring is 1. The van der Waals surface area contributed by atoms with Crippen molar-refractivity contribution in [2.45, 2.75) is 34.1 Å². The number of aryl methyl sites for hydroxylation is 2. The number of fused-ring (bicyclic) bond motifs is 2. The normalized spacial score (nSPS) is 10.4. The second-order valence-corrected chi connectivity index (χ2v) is 8.87. The summed E-state index contributed by atoms with van der Waals surface area (Å²) >= 11 is 0. The molecule has 2 aromatic carbocycles. The maximum absolute atomic E-state index is 13.8. The van der Waals surface area contributed by atoms with Gasteiger partial charge in [-0.2, -0.15) is 0 Å². The molecule has 0 fully saturated rings. The average molecular weight is 566 g/mol. The molecule has 0 radical (unpaired) electrons. The highest BCUT2D eigenvalue weighted by Gasteiger charge is 2.15. The van der Waals surface area contributed by atoms with Crippen molar-refractivity contribution in [1.29, 1.82) is 0 Å². The van der Waals surface area contributed by atoms with Crippen LogP contribution in [0.3, 0.4) is 0 Å². The van der Waals surface area contributed by atoms with Gasteiger partial charge in [-0.15, -0.1) is 0 Å². The summed E-state index contributed by atoms with van der Waals surface area (Å²) in [6.45, 7) is 7.78. The zero-order valence-corrected chi connectivity index (χ0v) is 24.2. The van der Waals surface area contributed by atoms with Crippen LogP contribution in [0.1, 0.15) is 32.3 Å². The van der Waals surface area contributed by atoms with Crippen molar-refractivity contribution in [2.75, 3.05) is 12.8 Å². The third kappa shape index (κ3) is 6.22. The molecule has 6 aromatic rings. The van der Waals surface area contributed by atoms with Gasteiger partial charge in [0.2, 0.25) is 0 Å². The number of ether oxygens (including phenoxy) is 1. The maximum Gasteiger partial charge on any atom is 0.316 e. The van der Waals surface area contributed by atoms with E-state index in [2.05, 4.69) is 24.9 Å². The molecular formula is C32H32FN7O2. The van der Waals surface area contributed by atoms with Crippen LogP contribution in [0.2, 0.25) is 0 Å². The van der Waals surface area contributed by atoms with Crippen LogP contribution >= 0.6 is 0 Å². The van der Waals surface area contributed by atoms with Gasteiger partial charge in [0.15, 0.2) is 5.82 Å². The Balaban J connectivity index is 0.000000241. The van der Waals surface area contributed by atoms with E-state index < -0.39 is 0 Å². The minimum absolute atomic E-state index is 0.202. The Morgan fingerprint density at radius 3 is 2.38 bits per heavy atom. The van der Waals surface area contributed by atoms with E-state index in [-0.39, 0.29) is 17.4 Å². The predicted molar refractivity (Wildman–Crippen MR) is 164 cm³/mol. The molecule has 2 N–H and O–H groups in total. The average Bonchev–Trinajstić information content (AvgIpc) is 3.02. The molecule has 0 saturated heterocycles. The van der Waals surface area contributed by atoms with E-state index in [9.17, 15) is 9.18 Å². The number of nitrogens with zero attached hydrogens (tertiary/aromatic N) is 6. The fourth-order valence-electron chi connectivity index (χ4n) is 4.49. The highest BCUT2D eigenvalue weighted by atomic mass is 19.1. The quantitative estimate of drug-likeness (QED) is 0.272. The molecule has 42 heavy (non-hydrogen) atoms. The van der Waals surface area contributed by atoms with E-state index in [1.165, 1.54) is 19.2 Å². The van der Waals surface area contributed by atoms with E-state index in [0.29, 0.717) is 40.2 Å². The first-order valence-electron chi connectivity index (χ1n) is 13.5. The van der Waals surface area contributed by atoms with Gasteiger partial charge in [-0.05, 0) is 60.7 Å². The van der Waals surface area contributed by atoms with E-state index >= 15 is 0 Å². The summed E-state index contributed by atoms with van der Waals surface area (Å²) in [6, 6.07) is 17.6. The largest absolute Gasteiger partial charge is 0.467 e. The molecule has 0 bridgehead atoms. The monoisotopic (exact) mass is 565 g/mol. The fraction of sp³-hybridized carbons (Fsp3) is 0.188. The van der Waals surface area contributed by atoms with Crippen molar-refractivity contribution < 1.29 is 9.13 Å². The smallest absolute Gasteiger partial charge is 0.316 e. The van der Waals surface area contributed by atoms with E-state index in [0.717, 1.165) is 22.2 Å². The zero-order valence-electron chi connectivity index (χ0n) is 24.2. The Kier molecular flexibility index (Phi) is 9.49. The van der Waals surface area contributed by atoms with Crippen LogP contribution in [0.5, 0.6) is 6.01 Å². The minimum Gasteiger partial charge on any atom is -0.467 e. The molecule has 10 heteroatoms. The second-order valence-electron chi connectivity index (χ2n) is 8.87. The van der Waals surface area contributed by atoms with Crippen LogP contribution < -0.4 is 16.0 Å². The number of benzene rings is 2. The third-order valence-corrected chi connectivity index (χ3v) is 6.27. The lowest BCUT2D eigenvalue weighted by atomic mass is 10.0. The molecule has 4 aromatic heterocycles. The number of anilines is 1. The topological polar surface area (TPSA) is 122 Å². The first-order chi connectivity index (χ1) is 20.4. The molecule has 9 nitrogen and oxygen atoms in total. The van der Waals surface area contributed by atoms with Gasteiger partial charge in [0, 0.05) is 29.8 Å². The van der Waals surface area contributed by atoms with Crippen LogP contribution in [-0.2, 0) is 6.42 Å². The molecule has 0 amide bonds. The van der Waals surface area contributed by atoms with Crippen LogP contribution in [0.4, 0.5) is 10.2 Å². The summed E-state index contributed by atoms with van der Waals surface area (Å²) in [7, 11) is 1.50. The molecule has 0 atom stereocenters. The van der Waals surface area contributed by atoms with Gasteiger partial charge in [0.25, 0.3) is 5.56 Å². The molecule has 0 aliphatic rings. The summed E-state index contributed by atoms with van der Waals surface area (Å²) in [4.78, 5) is 34.1. The molecule has 0 aliphatic heterocycles. The van der Waals surface area contributed by atoms with Gasteiger partial charge in [-0.1, -0.05) is 45.0 Å². The van der Waals surface area contributed by atoms with Crippen molar-refractivity contribution in [3.63, 3.8) is 0 Å². The van der Waals surface area contributed by atoms with Gasteiger partial charge >= 0.3 is 6.01 Å². The van der Waals surface area contributed by atoms with Crippen molar-refractivity contribution in [1.82, 2.24) is 29.5 Å². The number of hydrogen-bond acceptors (Lipinski definition) is 8. The SMILES string of the molecule is CC.CCc1cc2cccc(-c3cnc(OC)nc3)c2c(=O)n1-c1cccc(F)c1.Cc1nc(N)c2ncccc2n1. The fourth-order valence-corrected chi connectivity index (χ4v) is 4.49. The summed E-state index contributed by atoms with van der Waals surface area (Å²) in [5.41, 5.74) is 9.65. The number of halogens is 1. The number of aromatic nitrogens is 6. The maximum atomic E-state index is 13.8. The molecule has 4 heterocycles. The van der Waals surface area contributed by atoms with Crippen molar-refractivity contribution >= 4 is 27.6 Å². The minimum atomic E-state index is -0.386. The van der Waals surface area contributed by atoms with Crippen LogP contribution in [0.25, 0.3) is 38.6 Å². The van der Waals surface area contributed by atoms with Gasteiger partial charge in [-0.3, -0.25) is 14.3 Å². The summed E-state index contributed by atoms with van der Waals surface area (Å²) in [5.74, 6) is 0.731. The highest BCUT2D eigenvalue weighted by Crippen LogP contribution is 2.27. The van der Waals surface area contributed by atoms with Crippen molar-refractivity contribution in [3.05, 3.63) is 107 Å². The first-order valence-corrected chi connectivity index (χ1v) is 13.5. The van der Waals surface area contributed by atoms with Gasteiger partial charge in [0.1, 0.15) is 17.2 Å². The van der Waals surface area contributed by atoms with Crippen molar-refractivity contribution in [2.24, 2.45) is 0 Å². The molecule has 6 rings (SSSR count). The standard InChI is InChI=1S/C22H18FN3O2.C8H8N4.C2H6/c1-3-17-10-14-6-4-9-19(15-12-24-22(28-2)25-13-15)20(14)21(27)26(17)18-8-5-7-16(23)11-18;1-5-11-6-3-2-4-10-7(6)8(9)12-5;1-2/h4-13H,3H2,1-2H3;2-4H,1H3,(H2,9,11,12);1-2H3. The van der Waals surface area contributed by atoms with Crippen LogP contribution in [-0.4, -0.2) is 36.6 Å². The molecule has 214 valence electrons. The number of methoxy groups -OCH3 is 1. The lowest BCUT2D eigenvalue weighted by molar-refractivity contribution is 0.380. The Morgan fingerprint density at radius 2 is 1.69 bits per heavy atom. The summed E-state index contributed by atoms with van der Waals surface area (Å²) < 4.78 is 20.4. The number of hydrogen-bond donors (Lipinski definition) is 1. The number of nitrogens with two attached hydrogens (primary N) is 1. The Bertz CT molecular complexity index is 1890. The van der Waals surface area contributed by atoms with Crippen molar-refractivity contribution in [3.8, 4) is 22.8 Å². The number of rotatable bonds is 4. The Hall–Kier alpha value is -5.25. The lowest BCUT2D eigenvalue weighted by Crippen LogP contribution is -2.22. The Morgan fingerprint density at radius 1 is 0.952 bits per heavy atom. The van der Waals surface area contributed by atoms with Crippen LogP contribution in [0, 0.1) is 12.7 Å². The van der Waals surface area contributed by atoms with Gasteiger partial charge < -0.3 is 10.5 Å². The highest BCUT2D eigenvalue weighted by molar-refractivity contribution is 5.96. The first kappa shape index (κ1) is 29.7. The Labute approximate surface area is 242 Å². The summed E-state index contributed by atoms with van der Waals surface area (Å²) in [5, 5.41) is 1.36. The van der Waals surface area contributed by atoms with Gasteiger partial charge in [0.05, 0.1) is 23.7 Å². The molecular weight excluding hydrogens is 533 g/mol. The molecule has 0 spiro atoms. The van der Waals surface area contributed by atoms with E-state index in [1.54, 1.807) is 35.3 Å². The summed E-state index contributed by atoms with van der Waals surface area (Å²) in [6.07, 6.45) is 5.57. The molecule has 0 saturated carbocycles. The second kappa shape index (κ2) is 13.4.